The highest BCUT2D eigenvalue weighted by atomic mass is 31.2. The Hall–Kier alpha value is -3.31. The number of rotatable bonds is 4. The van der Waals surface area contributed by atoms with Crippen molar-refractivity contribution >= 4 is 28.7 Å². The maximum absolute atomic E-state index is 13.7. The van der Waals surface area contributed by atoms with Gasteiger partial charge in [0.1, 0.15) is 0 Å². The number of hydrogen-bond donors (Lipinski definition) is 0. The molecule has 1 nitrogen and oxygen atoms in total. The summed E-state index contributed by atoms with van der Waals surface area (Å²) in [6.45, 7) is 5.66. The van der Waals surface area contributed by atoms with Crippen LogP contribution in [0.4, 0.5) is 32.0 Å². The summed E-state index contributed by atoms with van der Waals surface area (Å²) in [5.74, 6) is 0. The molecule has 4 aromatic carbocycles. The quantitative estimate of drug-likeness (QED) is 0.185. The van der Waals surface area contributed by atoms with Crippen LogP contribution >= 0.6 is 7.05 Å². The summed E-state index contributed by atoms with van der Waals surface area (Å²) < 4.78 is 87.1. The highest BCUT2D eigenvalue weighted by Gasteiger charge is 2.37. The first kappa shape index (κ1) is 26.7. The zero-order valence-corrected chi connectivity index (χ0v) is 21.2. The van der Waals surface area contributed by atoms with E-state index in [0.29, 0.717) is 12.1 Å². The molecule has 0 bridgehead atoms. The Morgan fingerprint density at radius 3 is 1.16 bits per heavy atom. The molecule has 0 aromatic heterocycles. The predicted octanol–water partition coefficient (Wildman–Crippen LogP) is 8.46. The summed E-state index contributed by atoms with van der Waals surface area (Å²) in [6.07, 6.45) is -9.94. The molecule has 4 aromatic rings. The molecule has 0 saturated heterocycles. The van der Waals surface area contributed by atoms with E-state index in [1.807, 2.05) is 93.6 Å². The van der Waals surface area contributed by atoms with Gasteiger partial charge in [-0.25, -0.2) is 0 Å². The van der Waals surface area contributed by atoms with Gasteiger partial charge in [0, 0.05) is 15.9 Å². The minimum atomic E-state index is -4.97. The minimum absolute atomic E-state index is 0.130. The van der Waals surface area contributed by atoms with Crippen molar-refractivity contribution in [3.8, 4) is 0 Å². The highest BCUT2D eigenvalue weighted by Crippen LogP contribution is 2.51. The second-order valence-electron chi connectivity index (χ2n) is 9.02. The lowest BCUT2D eigenvalue weighted by atomic mass is 10.1. The summed E-state index contributed by atoms with van der Waals surface area (Å²) in [5, 5.41) is 2.19. The van der Waals surface area contributed by atoms with Gasteiger partial charge in [0.2, 0.25) is 0 Å². The second-order valence-corrected chi connectivity index (χ2v) is 12.0. The maximum atomic E-state index is 13.7. The van der Waals surface area contributed by atoms with Crippen molar-refractivity contribution in [2.45, 2.75) is 33.1 Å². The van der Waals surface area contributed by atoms with Gasteiger partial charge in [-0.1, -0.05) is 71.3 Å². The molecular formula is C29H24F6NP. The lowest BCUT2D eigenvalue weighted by Gasteiger charge is -2.28. The van der Waals surface area contributed by atoms with Crippen molar-refractivity contribution in [3.05, 3.63) is 119 Å². The third-order valence-electron chi connectivity index (χ3n) is 5.96. The van der Waals surface area contributed by atoms with Crippen molar-refractivity contribution in [1.29, 1.82) is 0 Å². The van der Waals surface area contributed by atoms with Crippen LogP contribution in [0.25, 0.3) is 0 Å². The van der Waals surface area contributed by atoms with E-state index in [2.05, 4.69) is 0 Å². The Balaban J connectivity index is 2.22. The van der Waals surface area contributed by atoms with Gasteiger partial charge < -0.3 is 0 Å². The topological polar surface area (TPSA) is 12.4 Å². The molecule has 0 spiro atoms. The summed E-state index contributed by atoms with van der Waals surface area (Å²) in [7, 11) is -3.11. The van der Waals surface area contributed by atoms with Crippen LogP contribution in [0.5, 0.6) is 0 Å². The van der Waals surface area contributed by atoms with Crippen LogP contribution in [0.15, 0.2) is 95.7 Å². The Labute approximate surface area is 211 Å². The van der Waals surface area contributed by atoms with E-state index >= 15 is 0 Å². The molecule has 0 saturated carbocycles. The van der Waals surface area contributed by atoms with E-state index in [1.54, 1.807) is 0 Å². The van der Waals surface area contributed by atoms with E-state index in [4.69, 9.17) is 4.74 Å². The van der Waals surface area contributed by atoms with Crippen molar-refractivity contribution in [1.82, 2.24) is 0 Å². The number of alkyl halides is 6. The Kier molecular flexibility index (Phi) is 7.13. The molecule has 0 N–H and O–H groups in total. The average molecular weight is 531 g/mol. The molecule has 0 aliphatic rings. The van der Waals surface area contributed by atoms with E-state index in [-0.39, 0.29) is 11.8 Å². The number of nitrogens with zero attached hydrogens (tertiary/aromatic N) is 1. The van der Waals surface area contributed by atoms with E-state index < -0.39 is 30.5 Å². The van der Waals surface area contributed by atoms with Crippen molar-refractivity contribution in [3.63, 3.8) is 0 Å². The number of hydrogen-bond acceptors (Lipinski definition) is 1. The van der Waals surface area contributed by atoms with Gasteiger partial charge in [-0.15, -0.1) is 0 Å². The van der Waals surface area contributed by atoms with Gasteiger partial charge in [-0.2, -0.15) is 26.3 Å². The zero-order valence-electron chi connectivity index (χ0n) is 20.3. The highest BCUT2D eigenvalue weighted by molar-refractivity contribution is 7.87. The first-order valence-electron chi connectivity index (χ1n) is 11.4. The number of halogens is 6. The minimum Gasteiger partial charge on any atom is -0.254 e. The Bertz CT molecular complexity index is 1350. The van der Waals surface area contributed by atoms with Crippen LogP contribution in [0.3, 0.4) is 0 Å². The third kappa shape index (κ3) is 5.67. The summed E-state index contributed by atoms with van der Waals surface area (Å²) in [6, 6.07) is 23.9. The molecule has 8 heteroatoms. The van der Waals surface area contributed by atoms with Gasteiger partial charge in [-0.05, 0) is 57.2 Å². The van der Waals surface area contributed by atoms with Crippen LogP contribution in [0.2, 0.25) is 0 Å². The van der Waals surface area contributed by atoms with Crippen LogP contribution < -0.4 is 15.9 Å². The van der Waals surface area contributed by atoms with Crippen LogP contribution in [0, 0.1) is 20.8 Å². The third-order valence-corrected chi connectivity index (χ3v) is 9.57. The fourth-order valence-corrected chi connectivity index (χ4v) is 8.06. The zero-order chi connectivity index (χ0) is 27.0. The van der Waals surface area contributed by atoms with Crippen molar-refractivity contribution in [2.24, 2.45) is 4.74 Å². The largest absolute Gasteiger partial charge is 0.416 e. The van der Waals surface area contributed by atoms with E-state index in [0.717, 1.165) is 32.6 Å². The summed E-state index contributed by atoms with van der Waals surface area (Å²) >= 11 is 0. The Morgan fingerprint density at radius 2 is 0.865 bits per heavy atom. The van der Waals surface area contributed by atoms with E-state index in [1.165, 1.54) is 0 Å². The lowest BCUT2D eigenvalue weighted by molar-refractivity contribution is -0.143. The standard InChI is InChI=1S/C29H24F6NP/c1-19-7-4-10-25(13-19)37(26-11-5-8-20(2)14-26,27-12-6-9-21(3)15-27)36-24-17-22(28(30,31)32)16-23(18-24)29(33,34)35/h4-18H,1-3H3. The van der Waals surface area contributed by atoms with Crippen LogP contribution in [0.1, 0.15) is 27.8 Å². The van der Waals surface area contributed by atoms with Gasteiger partial charge in [-0.3, -0.25) is 4.74 Å². The monoisotopic (exact) mass is 531 g/mol. The molecule has 4 rings (SSSR count). The molecule has 37 heavy (non-hydrogen) atoms. The first-order chi connectivity index (χ1) is 17.3. The number of benzene rings is 4. The van der Waals surface area contributed by atoms with Gasteiger partial charge in [0.25, 0.3) is 0 Å². The first-order valence-corrected chi connectivity index (χ1v) is 13.2. The predicted molar refractivity (Wildman–Crippen MR) is 138 cm³/mol. The van der Waals surface area contributed by atoms with Crippen LogP contribution in [-0.2, 0) is 12.4 Å². The van der Waals surface area contributed by atoms with E-state index in [9.17, 15) is 26.3 Å². The maximum Gasteiger partial charge on any atom is 0.416 e. The fraction of sp³-hybridized carbons (Fsp3) is 0.172. The molecule has 0 unspecified atom stereocenters. The molecule has 0 radical (unpaired) electrons. The summed E-state index contributed by atoms with van der Waals surface area (Å²) in [5.41, 5.74) is -0.457. The second kappa shape index (κ2) is 9.86. The lowest BCUT2D eigenvalue weighted by Crippen LogP contribution is -2.26. The smallest absolute Gasteiger partial charge is 0.254 e. The van der Waals surface area contributed by atoms with Gasteiger partial charge >= 0.3 is 12.4 Å². The molecule has 0 fully saturated rings. The Morgan fingerprint density at radius 1 is 0.514 bits per heavy atom. The average Bonchev–Trinajstić information content (AvgIpc) is 2.81. The number of aryl methyl sites for hydroxylation is 3. The SMILES string of the molecule is Cc1cccc(P(=Nc2cc(C(F)(F)F)cc(C(F)(F)F)c2)(c2cccc(C)c2)c2cccc(C)c2)c1. The molecule has 0 aliphatic heterocycles. The van der Waals surface area contributed by atoms with Gasteiger partial charge in [0.05, 0.1) is 23.9 Å². The molecule has 0 heterocycles. The summed E-state index contributed by atoms with van der Waals surface area (Å²) in [4.78, 5) is 0. The molecule has 0 atom stereocenters. The molecule has 0 aliphatic carbocycles. The van der Waals surface area contributed by atoms with Crippen molar-refractivity contribution < 1.29 is 26.3 Å². The van der Waals surface area contributed by atoms with Gasteiger partial charge in [0.15, 0.2) is 0 Å². The van der Waals surface area contributed by atoms with Crippen molar-refractivity contribution in [2.75, 3.05) is 0 Å². The van der Waals surface area contributed by atoms with Crippen LogP contribution in [-0.4, -0.2) is 0 Å². The molecular weight excluding hydrogens is 507 g/mol. The molecule has 192 valence electrons. The fourth-order valence-electron chi connectivity index (χ4n) is 4.28. The molecule has 0 amide bonds. The normalized spacial score (nSPS) is 12.5.